The van der Waals surface area contributed by atoms with Crippen LogP contribution in [0.3, 0.4) is 0 Å². The molecule has 2 aromatic carbocycles. The minimum absolute atomic E-state index is 0.255. The zero-order chi connectivity index (χ0) is 25.9. The highest BCUT2D eigenvalue weighted by molar-refractivity contribution is 6.33. The summed E-state index contributed by atoms with van der Waals surface area (Å²) in [7, 11) is 2.12. The molecule has 1 aliphatic heterocycles. The van der Waals surface area contributed by atoms with Crippen LogP contribution in [-0.4, -0.2) is 63.6 Å². The second kappa shape index (κ2) is 10.4. The predicted molar refractivity (Wildman–Crippen MR) is 146 cm³/mol. The number of carbonyl (C=O) groups is 1. The van der Waals surface area contributed by atoms with Crippen molar-refractivity contribution >= 4 is 51.6 Å². The molecule has 0 atom stereocenters. The largest absolute Gasteiger partial charge is 0.369 e. The van der Waals surface area contributed by atoms with Crippen molar-refractivity contribution in [1.82, 2.24) is 24.4 Å². The number of halogens is 1. The van der Waals surface area contributed by atoms with Crippen molar-refractivity contribution in [2.45, 2.75) is 0 Å². The van der Waals surface area contributed by atoms with Crippen LogP contribution in [0, 0.1) is 0 Å². The van der Waals surface area contributed by atoms with E-state index in [1.54, 1.807) is 22.8 Å². The Hall–Kier alpha value is -4.28. The molecule has 0 aliphatic carbocycles. The lowest BCUT2D eigenvalue weighted by molar-refractivity contribution is -0.111. The van der Waals surface area contributed by atoms with Crippen molar-refractivity contribution < 1.29 is 4.79 Å². The first-order valence-electron chi connectivity index (χ1n) is 11.7. The third kappa shape index (κ3) is 5.30. The standard InChI is InChI=1S/C26H25ClN8O2/c1-3-23(36)30-17-5-4-6-19(13-17)35-16-29-25(37)20-15-28-26(32-24(20)35)31-22-8-7-18(14-21(22)27)34-11-9-33(2)10-12-34/h3-8,13-16H,1,9-12H2,2H3,(H,30,36)(H,28,31,32). The summed E-state index contributed by atoms with van der Waals surface area (Å²) in [6, 6.07) is 12.9. The molecular formula is C26H25ClN8O2. The van der Waals surface area contributed by atoms with Crippen LogP contribution in [-0.2, 0) is 4.79 Å². The van der Waals surface area contributed by atoms with Crippen molar-refractivity contribution in [3.05, 3.63) is 83.0 Å². The molecule has 10 nitrogen and oxygen atoms in total. The number of benzene rings is 2. The van der Waals surface area contributed by atoms with E-state index >= 15 is 0 Å². The Labute approximate surface area is 218 Å². The maximum absolute atomic E-state index is 12.4. The Morgan fingerprint density at radius 1 is 1.08 bits per heavy atom. The molecular weight excluding hydrogens is 492 g/mol. The zero-order valence-electron chi connectivity index (χ0n) is 20.2. The number of rotatable bonds is 6. The minimum atomic E-state index is -0.441. The monoisotopic (exact) mass is 516 g/mol. The van der Waals surface area contributed by atoms with Crippen molar-refractivity contribution in [2.24, 2.45) is 0 Å². The molecule has 3 heterocycles. The van der Waals surface area contributed by atoms with E-state index in [4.69, 9.17) is 11.6 Å². The lowest BCUT2D eigenvalue weighted by Crippen LogP contribution is -2.44. The lowest BCUT2D eigenvalue weighted by Gasteiger charge is -2.34. The number of anilines is 4. The van der Waals surface area contributed by atoms with E-state index in [-0.39, 0.29) is 17.2 Å². The van der Waals surface area contributed by atoms with E-state index in [2.05, 4.69) is 49.0 Å². The van der Waals surface area contributed by atoms with Crippen LogP contribution >= 0.6 is 11.6 Å². The molecule has 1 saturated heterocycles. The molecule has 1 aliphatic rings. The molecule has 0 bridgehead atoms. The Morgan fingerprint density at radius 3 is 2.65 bits per heavy atom. The zero-order valence-corrected chi connectivity index (χ0v) is 20.9. The number of hydrogen-bond donors (Lipinski definition) is 2. The second-order valence-corrected chi connectivity index (χ2v) is 9.08. The molecule has 0 saturated carbocycles. The summed E-state index contributed by atoms with van der Waals surface area (Å²) >= 11 is 6.61. The Balaban J connectivity index is 1.46. The number of amides is 1. The summed E-state index contributed by atoms with van der Waals surface area (Å²) < 4.78 is 1.66. The van der Waals surface area contributed by atoms with Gasteiger partial charge in [0.2, 0.25) is 11.9 Å². The third-order valence-electron chi connectivity index (χ3n) is 6.16. The number of hydrogen-bond acceptors (Lipinski definition) is 8. The molecule has 1 amide bonds. The number of aromatic nitrogens is 4. The normalized spacial score (nSPS) is 13.9. The van der Waals surface area contributed by atoms with Crippen LogP contribution in [0.1, 0.15) is 0 Å². The van der Waals surface area contributed by atoms with Crippen LogP contribution in [0.25, 0.3) is 16.7 Å². The van der Waals surface area contributed by atoms with Gasteiger partial charge in [-0.05, 0) is 49.5 Å². The van der Waals surface area contributed by atoms with Crippen molar-refractivity contribution in [3.63, 3.8) is 0 Å². The molecule has 11 heteroatoms. The van der Waals surface area contributed by atoms with Gasteiger partial charge in [0.1, 0.15) is 11.7 Å². The van der Waals surface area contributed by atoms with Gasteiger partial charge >= 0.3 is 0 Å². The van der Waals surface area contributed by atoms with Gasteiger partial charge in [0.15, 0.2) is 5.65 Å². The number of carbonyl (C=O) groups excluding carboxylic acids is 1. The van der Waals surface area contributed by atoms with Crippen molar-refractivity contribution in [1.29, 1.82) is 0 Å². The molecule has 0 unspecified atom stereocenters. The average molecular weight is 517 g/mol. The molecule has 1 fully saturated rings. The summed E-state index contributed by atoms with van der Waals surface area (Å²) in [4.78, 5) is 41.6. The van der Waals surface area contributed by atoms with Gasteiger partial charge in [-0.3, -0.25) is 14.2 Å². The van der Waals surface area contributed by atoms with Crippen molar-refractivity contribution in [2.75, 3.05) is 48.8 Å². The molecule has 0 spiro atoms. The van der Waals surface area contributed by atoms with E-state index in [9.17, 15) is 9.59 Å². The van der Waals surface area contributed by atoms with Gasteiger partial charge in [-0.2, -0.15) is 9.97 Å². The van der Waals surface area contributed by atoms with Crippen LogP contribution in [0.5, 0.6) is 0 Å². The molecule has 4 aromatic rings. The Bertz CT molecular complexity index is 1550. The fraction of sp³-hybridized carbons (Fsp3) is 0.192. The maximum atomic E-state index is 12.4. The number of nitrogens with one attached hydrogen (secondary N) is 2. The van der Waals surface area contributed by atoms with E-state index in [0.29, 0.717) is 27.7 Å². The first kappa shape index (κ1) is 24.4. The third-order valence-corrected chi connectivity index (χ3v) is 6.48. The quantitative estimate of drug-likeness (QED) is 0.375. The summed E-state index contributed by atoms with van der Waals surface area (Å²) in [6.07, 6.45) is 4.02. The first-order chi connectivity index (χ1) is 17.9. The smallest absolute Gasteiger partial charge is 0.283 e. The second-order valence-electron chi connectivity index (χ2n) is 8.67. The van der Waals surface area contributed by atoms with Gasteiger partial charge < -0.3 is 20.4 Å². The summed E-state index contributed by atoms with van der Waals surface area (Å²) in [6.45, 7) is 7.36. The highest BCUT2D eigenvalue weighted by Crippen LogP contribution is 2.30. The van der Waals surface area contributed by atoms with Gasteiger partial charge in [0.05, 0.1) is 16.4 Å². The van der Waals surface area contributed by atoms with Crippen LogP contribution in [0.4, 0.5) is 23.0 Å². The van der Waals surface area contributed by atoms with E-state index in [1.807, 2.05) is 24.3 Å². The van der Waals surface area contributed by atoms with Gasteiger partial charge in [-0.1, -0.05) is 24.2 Å². The van der Waals surface area contributed by atoms with Crippen LogP contribution in [0.15, 0.2) is 72.4 Å². The van der Waals surface area contributed by atoms with Gasteiger partial charge in [0, 0.05) is 43.8 Å². The topological polar surface area (TPSA) is 108 Å². The highest BCUT2D eigenvalue weighted by Gasteiger charge is 2.16. The summed E-state index contributed by atoms with van der Waals surface area (Å²) in [5.74, 6) is -0.0541. The maximum Gasteiger partial charge on any atom is 0.283 e. The molecule has 188 valence electrons. The van der Waals surface area contributed by atoms with E-state index < -0.39 is 5.56 Å². The van der Waals surface area contributed by atoms with E-state index in [1.165, 1.54) is 18.6 Å². The number of likely N-dealkylation sites (N-methyl/N-ethyl adjacent to an activating group) is 1. The van der Waals surface area contributed by atoms with Gasteiger partial charge in [-0.25, -0.2) is 4.98 Å². The fourth-order valence-corrected chi connectivity index (χ4v) is 4.33. The van der Waals surface area contributed by atoms with Crippen LogP contribution < -0.4 is 21.1 Å². The molecule has 2 aromatic heterocycles. The van der Waals surface area contributed by atoms with Gasteiger partial charge in [-0.15, -0.1) is 0 Å². The van der Waals surface area contributed by atoms with Crippen LogP contribution in [0.2, 0.25) is 5.02 Å². The summed E-state index contributed by atoms with van der Waals surface area (Å²) in [5.41, 5.74) is 2.84. The SMILES string of the molecule is C=CC(=O)Nc1cccc(-n2cnc(=O)c3cnc(Nc4ccc(N5CCN(C)CC5)cc4Cl)nc32)c1. The number of piperazine rings is 1. The molecule has 5 rings (SSSR count). The first-order valence-corrected chi connectivity index (χ1v) is 12.1. The Morgan fingerprint density at radius 2 is 1.89 bits per heavy atom. The fourth-order valence-electron chi connectivity index (χ4n) is 4.10. The minimum Gasteiger partial charge on any atom is -0.369 e. The predicted octanol–water partition coefficient (Wildman–Crippen LogP) is 3.45. The van der Waals surface area contributed by atoms with Crippen molar-refractivity contribution in [3.8, 4) is 5.69 Å². The highest BCUT2D eigenvalue weighted by atomic mass is 35.5. The van der Waals surface area contributed by atoms with E-state index in [0.717, 1.165) is 31.9 Å². The Kier molecular flexibility index (Phi) is 6.85. The average Bonchev–Trinajstić information content (AvgIpc) is 2.90. The number of fused-ring (bicyclic) bond motifs is 1. The molecule has 37 heavy (non-hydrogen) atoms. The van der Waals surface area contributed by atoms with Gasteiger partial charge in [0.25, 0.3) is 5.56 Å². The summed E-state index contributed by atoms with van der Waals surface area (Å²) in [5, 5.41) is 6.68. The molecule has 2 N–H and O–H groups in total. The molecule has 0 radical (unpaired) electrons. The lowest BCUT2D eigenvalue weighted by atomic mass is 10.2. The number of nitrogens with zero attached hydrogens (tertiary/aromatic N) is 6.